The minimum absolute atomic E-state index is 0.703. The summed E-state index contributed by atoms with van der Waals surface area (Å²) in [5.41, 5.74) is 4.17. The second-order valence-corrected chi connectivity index (χ2v) is 5.02. The highest BCUT2D eigenvalue weighted by Crippen LogP contribution is 2.18. The van der Waals surface area contributed by atoms with E-state index in [1.807, 2.05) is 36.5 Å². The second-order valence-electron chi connectivity index (χ2n) is 5.02. The van der Waals surface area contributed by atoms with Gasteiger partial charge in [-0.1, -0.05) is 24.3 Å². The number of rotatable bonds is 3. The molecule has 0 spiro atoms. The molecule has 0 unspecified atom stereocenters. The third-order valence-corrected chi connectivity index (χ3v) is 3.57. The van der Waals surface area contributed by atoms with E-state index in [0.717, 1.165) is 27.8 Å². The van der Waals surface area contributed by atoms with Gasteiger partial charge in [-0.05, 0) is 30.3 Å². The lowest BCUT2D eigenvalue weighted by molar-refractivity contribution is 1.07. The van der Waals surface area contributed by atoms with Crippen molar-refractivity contribution in [3.63, 3.8) is 0 Å². The highest BCUT2D eigenvalue weighted by Gasteiger charge is 2.00. The summed E-state index contributed by atoms with van der Waals surface area (Å²) < 4.78 is 0. The van der Waals surface area contributed by atoms with Crippen molar-refractivity contribution in [2.24, 2.45) is 0 Å². The highest BCUT2D eigenvalue weighted by atomic mass is 15.1. The van der Waals surface area contributed by atoms with Crippen molar-refractivity contribution >= 4 is 27.5 Å². The normalized spacial score (nSPS) is 11.0. The molecule has 0 fully saturated rings. The summed E-state index contributed by atoms with van der Waals surface area (Å²) in [5.74, 6) is 0. The third kappa shape index (κ3) is 2.31. The Bertz CT molecular complexity index is 911. The molecule has 4 nitrogen and oxygen atoms in total. The third-order valence-electron chi connectivity index (χ3n) is 3.57. The zero-order valence-corrected chi connectivity index (χ0v) is 11.4. The standard InChI is InChI=1S/C17H14N4/c1-2-4-16-12(3-1)5-6-15(20-16)11-18-14-7-8-17-13(9-14)10-19-21-17/h1-10,18H,11H2,(H,19,21). The first kappa shape index (κ1) is 11.9. The summed E-state index contributed by atoms with van der Waals surface area (Å²) in [7, 11) is 0. The van der Waals surface area contributed by atoms with Gasteiger partial charge in [-0.15, -0.1) is 0 Å². The Hall–Kier alpha value is -2.88. The van der Waals surface area contributed by atoms with Crippen molar-refractivity contribution in [2.75, 3.05) is 5.32 Å². The molecule has 0 atom stereocenters. The number of pyridine rings is 1. The van der Waals surface area contributed by atoms with Crippen LogP contribution in [-0.2, 0) is 6.54 Å². The Labute approximate surface area is 121 Å². The summed E-state index contributed by atoms with van der Waals surface area (Å²) in [5, 5.41) is 12.7. The van der Waals surface area contributed by atoms with E-state index >= 15 is 0 Å². The van der Waals surface area contributed by atoms with E-state index in [1.165, 1.54) is 5.39 Å². The molecule has 0 aliphatic heterocycles. The molecular formula is C17H14N4. The monoisotopic (exact) mass is 274 g/mol. The van der Waals surface area contributed by atoms with Crippen molar-refractivity contribution < 1.29 is 0 Å². The molecule has 2 heterocycles. The minimum Gasteiger partial charge on any atom is -0.379 e. The van der Waals surface area contributed by atoms with Crippen LogP contribution in [0.15, 0.2) is 60.8 Å². The Balaban J connectivity index is 1.56. The highest BCUT2D eigenvalue weighted by molar-refractivity contribution is 5.82. The number of fused-ring (bicyclic) bond motifs is 2. The summed E-state index contributed by atoms with van der Waals surface area (Å²) in [6.07, 6.45) is 1.83. The molecule has 0 bridgehead atoms. The van der Waals surface area contributed by atoms with E-state index in [0.29, 0.717) is 6.54 Å². The van der Waals surface area contributed by atoms with Gasteiger partial charge in [0.05, 0.1) is 29.5 Å². The quantitative estimate of drug-likeness (QED) is 0.598. The number of nitrogens with one attached hydrogen (secondary N) is 2. The van der Waals surface area contributed by atoms with Crippen LogP contribution in [0.1, 0.15) is 5.69 Å². The van der Waals surface area contributed by atoms with Crippen molar-refractivity contribution in [1.29, 1.82) is 0 Å². The first-order chi connectivity index (χ1) is 10.4. The molecule has 21 heavy (non-hydrogen) atoms. The zero-order valence-electron chi connectivity index (χ0n) is 11.4. The summed E-state index contributed by atoms with van der Waals surface area (Å²) in [6.45, 7) is 0.703. The van der Waals surface area contributed by atoms with Gasteiger partial charge in [-0.2, -0.15) is 5.10 Å². The number of para-hydroxylation sites is 1. The molecule has 0 amide bonds. The SMILES string of the molecule is c1ccc2nc(CNc3ccc4[nH]ncc4c3)ccc2c1. The second kappa shape index (κ2) is 4.90. The summed E-state index contributed by atoms with van der Waals surface area (Å²) in [6, 6.07) is 18.5. The van der Waals surface area contributed by atoms with E-state index in [2.05, 4.69) is 44.8 Å². The fourth-order valence-electron chi connectivity index (χ4n) is 2.45. The predicted molar refractivity (Wildman–Crippen MR) is 85.2 cm³/mol. The molecule has 0 saturated carbocycles. The zero-order chi connectivity index (χ0) is 14.1. The number of nitrogens with zero attached hydrogens (tertiary/aromatic N) is 2. The van der Waals surface area contributed by atoms with E-state index in [4.69, 9.17) is 0 Å². The number of aromatic nitrogens is 3. The number of hydrogen-bond acceptors (Lipinski definition) is 3. The Morgan fingerprint density at radius 3 is 2.90 bits per heavy atom. The van der Waals surface area contributed by atoms with Gasteiger partial charge in [0.2, 0.25) is 0 Å². The van der Waals surface area contributed by atoms with Crippen molar-refractivity contribution in [2.45, 2.75) is 6.54 Å². The van der Waals surface area contributed by atoms with Gasteiger partial charge in [0.1, 0.15) is 0 Å². The van der Waals surface area contributed by atoms with Crippen LogP contribution < -0.4 is 5.32 Å². The molecule has 102 valence electrons. The van der Waals surface area contributed by atoms with E-state index < -0.39 is 0 Å². The first-order valence-electron chi connectivity index (χ1n) is 6.90. The van der Waals surface area contributed by atoms with Crippen LogP contribution in [0.3, 0.4) is 0 Å². The number of H-pyrrole nitrogens is 1. The topological polar surface area (TPSA) is 53.6 Å². The molecule has 2 aromatic carbocycles. The van der Waals surface area contributed by atoms with E-state index in [-0.39, 0.29) is 0 Å². The van der Waals surface area contributed by atoms with Gasteiger partial charge in [-0.25, -0.2) is 0 Å². The summed E-state index contributed by atoms with van der Waals surface area (Å²) in [4.78, 5) is 4.66. The molecular weight excluding hydrogens is 260 g/mol. The van der Waals surface area contributed by atoms with Crippen LogP contribution in [0.5, 0.6) is 0 Å². The average molecular weight is 274 g/mol. The van der Waals surface area contributed by atoms with Crippen LogP contribution in [-0.4, -0.2) is 15.2 Å². The van der Waals surface area contributed by atoms with Gasteiger partial charge >= 0.3 is 0 Å². The van der Waals surface area contributed by atoms with E-state index in [1.54, 1.807) is 0 Å². The van der Waals surface area contributed by atoms with Gasteiger partial charge in [0.15, 0.2) is 0 Å². The molecule has 2 N–H and O–H groups in total. The Morgan fingerprint density at radius 2 is 1.90 bits per heavy atom. The molecule has 0 aliphatic carbocycles. The number of benzene rings is 2. The molecule has 0 radical (unpaired) electrons. The fraction of sp³-hybridized carbons (Fsp3) is 0.0588. The van der Waals surface area contributed by atoms with Crippen LogP contribution in [0, 0.1) is 0 Å². The maximum atomic E-state index is 4.66. The predicted octanol–water partition coefficient (Wildman–Crippen LogP) is 3.72. The maximum absolute atomic E-state index is 4.66. The van der Waals surface area contributed by atoms with Crippen molar-refractivity contribution in [3.05, 3.63) is 66.5 Å². The lowest BCUT2D eigenvalue weighted by Crippen LogP contribution is -2.01. The minimum atomic E-state index is 0.703. The smallest absolute Gasteiger partial charge is 0.0706 e. The average Bonchev–Trinajstić information content (AvgIpc) is 3.00. The Morgan fingerprint density at radius 1 is 0.952 bits per heavy atom. The van der Waals surface area contributed by atoms with Crippen molar-refractivity contribution in [3.8, 4) is 0 Å². The summed E-state index contributed by atoms with van der Waals surface area (Å²) >= 11 is 0. The lowest BCUT2D eigenvalue weighted by Gasteiger charge is -2.07. The maximum Gasteiger partial charge on any atom is 0.0706 e. The van der Waals surface area contributed by atoms with Gasteiger partial charge < -0.3 is 5.32 Å². The number of aromatic amines is 1. The fourth-order valence-corrected chi connectivity index (χ4v) is 2.45. The molecule has 0 aliphatic rings. The lowest BCUT2D eigenvalue weighted by atomic mass is 10.2. The number of anilines is 1. The first-order valence-corrected chi connectivity index (χ1v) is 6.90. The number of hydrogen-bond donors (Lipinski definition) is 2. The Kier molecular flexibility index (Phi) is 2.78. The molecule has 2 aromatic heterocycles. The van der Waals surface area contributed by atoms with Crippen molar-refractivity contribution in [1.82, 2.24) is 15.2 Å². The van der Waals surface area contributed by atoms with Crippen LogP contribution in [0.25, 0.3) is 21.8 Å². The van der Waals surface area contributed by atoms with Crippen LogP contribution in [0.2, 0.25) is 0 Å². The molecule has 4 aromatic rings. The largest absolute Gasteiger partial charge is 0.379 e. The molecule has 4 heteroatoms. The molecule has 4 rings (SSSR count). The molecule has 0 saturated heterocycles. The van der Waals surface area contributed by atoms with Gasteiger partial charge in [0.25, 0.3) is 0 Å². The van der Waals surface area contributed by atoms with Gasteiger partial charge in [-0.3, -0.25) is 10.1 Å². The van der Waals surface area contributed by atoms with E-state index in [9.17, 15) is 0 Å². The van der Waals surface area contributed by atoms with Crippen LogP contribution in [0.4, 0.5) is 5.69 Å². The van der Waals surface area contributed by atoms with Crippen LogP contribution >= 0.6 is 0 Å². The van der Waals surface area contributed by atoms with Gasteiger partial charge in [0, 0.05) is 16.5 Å².